The highest BCUT2D eigenvalue weighted by atomic mass is 16.5. The molecule has 3 heteroatoms. The summed E-state index contributed by atoms with van der Waals surface area (Å²) in [6.45, 7) is 11.1. The first kappa shape index (κ1) is 21.7. The van der Waals surface area contributed by atoms with Gasteiger partial charge >= 0.3 is 0 Å². The van der Waals surface area contributed by atoms with Crippen LogP contribution in [0.25, 0.3) is 0 Å². The van der Waals surface area contributed by atoms with Crippen molar-refractivity contribution in [2.45, 2.75) is 97.6 Å². The van der Waals surface area contributed by atoms with Crippen LogP contribution in [-0.4, -0.2) is 30.0 Å². The van der Waals surface area contributed by atoms with Crippen molar-refractivity contribution in [1.82, 2.24) is 4.90 Å². The van der Waals surface area contributed by atoms with Crippen molar-refractivity contribution in [2.24, 2.45) is 23.2 Å². The summed E-state index contributed by atoms with van der Waals surface area (Å²) >= 11 is 0. The van der Waals surface area contributed by atoms with Crippen LogP contribution < -0.4 is 4.74 Å². The molecule has 1 aromatic rings. The number of fused-ring (bicyclic) bond motifs is 5. The molecule has 0 unspecified atom stereocenters. The molecule has 0 radical (unpaired) electrons. The number of amides is 1. The topological polar surface area (TPSA) is 29.5 Å². The van der Waals surface area contributed by atoms with Crippen molar-refractivity contribution < 1.29 is 9.53 Å². The average Bonchev–Trinajstić information content (AvgIpc) is 3.03. The highest BCUT2D eigenvalue weighted by Crippen LogP contribution is 2.63. The molecule has 3 nitrogen and oxygen atoms in total. The Hall–Kier alpha value is -1.51. The maximum absolute atomic E-state index is 13.2. The molecule has 3 aliphatic rings. The van der Waals surface area contributed by atoms with Crippen LogP contribution in [0.1, 0.15) is 90.2 Å². The van der Waals surface area contributed by atoms with Crippen LogP contribution in [0.2, 0.25) is 0 Å². The van der Waals surface area contributed by atoms with Crippen molar-refractivity contribution in [2.75, 3.05) is 7.11 Å². The van der Waals surface area contributed by atoms with Gasteiger partial charge in [-0.2, -0.15) is 0 Å². The summed E-state index contributed by atoms with van der Waals surface area (Å²) in [4.78, 5) is 15.3. The Morgan fingerprint density at radius 3 is 2.53 bits per heavy atom. The number of rotatable bonds is 5. The molecule has 3 aliphatic carbocycles. The number of hydrogen-bond acceptors (Lipinski definition) is 2. The maximum Gasteiger partial charge on any atom is 0.223 e. The van der Waals surface area contributed by atoms with Crippen molar-refractivity contribution >= 4 is 5.91 Å². The molecule has 0 spiro atoms. The third-order valence-corrected chi connectivity index (χ3v) is 8.95. The summed E-state index contributed by atoms with van der Waals surface area (Å²) in [5.74, 6) is 4.18. The first-order valence-electron chi connectivity index (χ1n) is 12.2. The Labute approximate surface area is 183 Å². The van der Waals surface area contributed by atoms with E-state index in [1.807, 2.05) is 0 Å². The number of ether oxygens (including phenoxy) is 1. The highest BCUT2D eigenvalue weighted by Gasteiger charge is 2.55. The zero-order chi connectivity index (χ0) is 21.6. The molecule has 1 aromatic carbocycles. The lowest BCUT2D eigenvalue weighted by molar-refractivity contribution is -0.137. The van der Waals surface area contributed by atoms with Gasteiger partial charge in [0.1, 0.15) is 5.75 Å². The normalized spacial score (nSPS) is 32.5. The second-order valence-corrected chi connectivity index (χ2v) is 11.0. The van der Waals surface area contributed by atoms with E-state index >= 15 is 0 Å². The number of methoxy groups -OCH3 is 1. The molecule has 0 aliphatic heterocycles. The van der Waals surface area contributed by atoms with Crippen molar-refractivity contribution in [3.8, 4) is 5.75 Å². The lowest BCUT2D eigenvalue weighted by atomic mass is 9.54. The lowest BCUT2D eigenvalue weighted by Crippen LogP contribution is -2.46. The molecule has 0 saturated heterocycles. The van der Waals surface area contributed by atoms with Gasteiger partial charge in [-0.3, -0.25) is 4.79 Å². The van der Waals surface area contributed by atoms with E-state index in [1.54, 1.807) is 12.7 Å². The fourth-order valence-electron chi connectivity index (χ4n) is 7.62. The molecule has 1 amide bonds. The predicted octanol–water partition coefficient (Wildman–Crippen LogP) is 6.20. The zero-order valence-electron chi connectivity index (χ0n) is 19.9. The van der Waals surface area contributed by atoms with E-state index in [1.165, 1.54) is 44.1 Å². The molecule has 0 N–H and O–H groups in total. The molecule has 166 valence electrons. The van der Waals surface area contributed by atoms with E-state index in [0.29, 0.717) is 23.2 Å². The lowest BCUT2D eigenvalue weighted by Gasteiger charge is -2.51. The molecule has 0 heterocycles. The van der Waals surface area contributed by atoms with Gasteiger partial charge in [0.05, 0.1) is 7.11 Å². The van der Waals surface area contributed by atoms with Crippen LogP contribution in [0.15, 0.2) is 18.2 Å². The van der Waals surface area contributed by atoms with Crippen LogP contribution in [0, 0.1) is 23.2 Å². The van der Waals surface area contributed by atoms with Crippen molar-refractivity contribution in [1.29, 1.82) is 0 Å². The Morgan fingerprint density at radius 1 is 1.13 bits per heavy atom. The highest BCUT2D eigenvalue weighted by molar-refractivity contribution is 5.77. The summed E-state index contributed by atoms with van der Waals surface area (Å²) in [7, 11) is 1.76. The van der Waals surface area contributed by atoms with Gasteiger partial charge in [-0.25, -0.2) is 0 Å². The minimum Gasteiger partial charge on any atom is -0.497 e. The number of benzene rings is 1. The Kier molecular flexibility index (Phi) is 5.94. The summed E-state index contributed by atoms with van der Waals surface area (Å²) in [6.07, 6.45) is 8.31. The van der Waals surface area contributed by atoms with E-state index in [2.05, 4.69) is 57.7 Å². The van der Waals surface area contributed by atoms with E-state index in [0.717, 1.165) is 24.0 Å². The zero-order valence-corrected chi connectivity index (χ0v) is 19.9. The van der Waals surface area contributed by atoms with E-state index in [4.69, 9.17) is 4.74 Å². The smallest absolute Gasteiger partial charge is 0.223 e. The van der Waals surface area contributed by atoms with Gasteiger partial charge in [-0.15, -0.1) is 0 Å². The monoisotopic (exact) mass is 411 g/mol. The third kappa shape index (κ3) is 3.56. The third-order valence-electron chi connectivity index (χ3n) is 8.95. The summed E-state index contributed by atoms with van der Waals surface area (Å²) in [6, 6.07) is 7.32. The first-order chi connectivity index (χ1) is 14.3. The van der Waals surface area contributed by atoms with Gasteiger partial charge in [0, 0.05) is 18.5 Å². The number of carbonyl (C=O) groups is 1. The quantitative estimate of drug-likeness (QED) is 0.577. The van der Waals surface area contributed by atoms with Gasteiger partial charge in [-0.1, -0.05) is 13.0 Å². The summed E-state index contributed by atoms with van der Waals surface area (Å²) < 4.78 is 5.47. The number of nitrogens with zero attached hydrogens (tertiary/aromatic N) is 1. The Morgan fingerprint density at radius 2 is 1.87 bits per heavy atom. The molecule has 30 heavy (non-hydrogen) atoms. The fourth-order valence-corrected chi connectivity index (χ4v) is 7.62. The van der Waals surface area contributed by atoms with Crippen molar-refractivity contribution in [3.63, 3.8) is 0 Å². The summed E-state index contributed by atoms with van der Waals surface area (Å²) in [5.41, 5.74) is 3.42. The fraction of sp³-hybridized carbons (Fsp3) is 0.741. The van der Waals surface area contributed by atoms with Gasteiger partial charge in [0.2, 0.25) is 5.91 Å². The summed E-state index contributed by atoms with van der Waals surface area (Å²) in [5, 5.41) is 0. The standard InChI is InChI=1S/C27H41NO2/c1-17(2)28(18(3)4)26(29)16-20-8-12-25-24-10-7-19-15-21(30-6)9-11-22(19)23(24)13-14-27(20,25)5/h9,11,15,17-18,20,23-25H,7-8,10,12-14,16H2,1-6H3/t20-,23-,24-,25+,27-/m1/s1. The van der Waals surface area contributed by atoms with E-state index in [9.17, 15) is 4.79 Å². The number of aryl methyl sites for hydroxylation is 1. The van der Waals surface area contributed by atoms with Gasteiger partial charge < -0.3 is 9.64 Å². The minimum absolute atomic E-state index is 0.282. The second-order valence-electron chi connectivity index (χ2n) is 11.0. The van der Waals surface area contributed by atoms with Gasteiger partial charge in [0.25, 0.3) is 0 Å². The largest absolute Gasteiger partial charge is 0.497 e. The maximum atomic E-state index is 13.2. The molecule has 2 fully saturated rings. The average molecular weight is 412 g/mol. The molecule has 4 rings (SSSR count). The van der Waals surface area contributed by atoms with Crippen molar-refractivity contribution in [3.05, 3.63) is 29.3 Å². The molecule has 0 aromatic heterocycles. The molecular formula is C27H41NO2. The van der Waals surface area contributed by atoms with Crippen LogP contribution in [0.4, 0.5) is 0 Å². The van der Waals surface area contributed by atoms with Crippen LogP contribution in [-0.2, 0) is 11.2 Å². The molecule has 5 atom stereocenters. The van der Waals surface area contributed by atoms with Gasteiger partial charge in [-0.05, 0) is 119 Å². The molecular weight excluding hydrogens is 370 g/mol. The number of carbonyl (C=O) groups excluding carboxylic acids is 1. The van der Waals surface area contributed by atoms with Crippen LogP contribution in [0.3, 0.4) is 0 Å². The van der Waals surface area contributed by atoms with Crippen LogP contribution in [0.5, 0.6) is 5.75 Å². The Bertz CT molecular complexity index is 777. The predicted molar refractivity (Wildman–Crippen MR) is 123 cm³/mol. The van der Waals surface area contributed by atoms with Gasteiger partial charge in [0.15, 0.2) is 0 Å². The SMILES string of the molecule is COc1ccc2c(c1)CC[C@@H]1[C@@H]2CC[C@]2(C)[C@@H](CC(=O)N(C(C)C)C(C)C)CC[C@@H]12. The minimum atomic E-state index is 0.282. The first-order valence-corrected chi connectivity index (χ1v) is 12.2. The van der Waals surface area contributed by atoms with E-state index < -0.39 is 0 Å². The van der Waals surface area contributed by atoms with Crippen LogP contribution >= 0.6 is 0 Å². The molecule has 2 saturated carbocycles. The second kappa shape index (κ2) is 8.20. The Balaban J connectivity index is 1.52. The molecule has 0 bridgehead atoms. The number of hydrogen-bond donors (Lipinski definition) is 0. The van der Waals surface area contributed by atoms with E-state index in [-0.39, 0.29) is 12.1 Å².